The number of unbranched alkanes of at least 4 members (excludes halogenated alkanes) is 1. The van der Waals surface area contributed by atoms with E-state index >= 15 is 0 Å². The number of alkyl halides is 1. The Morgan fingerprint density at radius 2 is 1.55 bits per heavy atom. The number of carbonyl (C=O) groups excluding carboxylic acids is 1. The van der Waals surface area contributed by atoms with Gasteiger partial charge in [-0.1, -0.05) is 15.9 Å². The second kappa shape index (κ2) is 16.9. The average molecular weight is 611 g/mol. The fraction of sp³-hybridized carbons (Fsp3) is 0.727. The summed E-state index contributed by atoms with van der Waals surface area (Å²) in [6, 6.07) is -2.76. The zero-order chi connectivity index (χ0) is 28.8. The number of nitrogens with zero attached hydrogens (tertiary/aromatic N) is 3. The maximum atomic E-state index is 12.0. The highest BCUT2D eigenvalue weighted by molar-refractivity contribution is 9.09. The van der Waals surface area contributed by atoms with Crippen LogP contribution in [0, 0.1) is 0 Å². The normalized spacial score (nSPS) is 18.4. The van der Waals surface area contributed by atoms with Crippen molar-refractivity contribution in [1.82, 2.24) is 20.0 Å². The highest BCUT2D eigenvalue weighted by atomic mass is 79.9. The second-order valence-corrected chi connectivity index (χ2v) is 9.54. The van der Waals surface area contributed by atoms with Crippen LogP contribution >= 0.6 is 15.9 Å². The van der Waals surface area contributed by atoms with E-state index in [4.69, 9.17) is 0 Å². The van der Waals surface area contributed by atoms with E-state index in [9.17, 15) is 54.3 Å². The Bertz CT molecular complexity index is 859. The van der Waals surface area contributed by atoms with Crippen molar-refractivity contribution in [3.05, 3.63) is 0 Å². The molecule has 0 aliphatic carbocycles. The van der Waals surface area contributed by atoms with Gasteiger partial charge in [-0.05, 0) is 32.1 Å². The molecule has 15 nitrogen and oxygen atoms in total. The van der Waals surface area contributed by atoms with Gasteiger partial charge in [0.1, 0.15) is 12.1 Å². The number of carboxylic acid groups (broad SMARTS) is 5. The third-order valence-corrected chi connectivity index (χ3v) is 6.70. The summed E-state index contributed by atoms with van der Waals surface area (Å²) in [6.45, 7) is -1.44. The topological polar surface area (TPSA) is 225 Å². The summed E-state index contributed by atoms with van der Waals surface area (Å²) in [5.41, 5.74) is 0. The van der Waals surface area contributed by atoms with Gasteiger partial charge in [-0.25, -0.2) is 0 Å². The molecule has 0 spiro atoms. The van der Waals surface area contributed by atoms with Crippen LogP contribution in [0.15, 0.2) is 0 Å². The van der Waals surface area contributed by atoms with Crippen molar-refractivity contribution in [3.8, 4) is 0 Å². The summed E-state index contributed by atoms with van der Waals surface area (Å²) in [4.78, 5) is 72.9. The number of aliphatic carboxylic acids is 5. The van der Waals surface area contributed by atoms with Crippen molar-refractivity contribution in [2.45, 2.75) is 50.2 Å². The zero-order valence-electron chi connectivity index (χ0n) is 20.8. The number of carboxylic acids is 5. The summed E-state index contributed by atoms with van der Waals surface area (Å²) in [6.07, 6.45) is 1.47. The van der Waals surface area contributed by atoms with Crippen LogP contribution in [0.25, 0.3) is 0 Å². The molecule has 6 N–H and O–H groups in total. The molecule has 1 heterocycles. The number of rotatable bonds is 20. The van der Waals surface area contributed by atoms with Crippen LogP contribution in [0.4, 0.5) is 0 Å². The van der Waals surface area contributed by atoms with E-state index in [2.05, 4.69) is 21.2 Å². The number of hydrogen-bond donors (Lipinski definition) is 6. The van der Waals surface area contributed by atoms with Crippen molar-refractivity contribution < 1.29 is 54.3 Å². The first kappa shape index (κ1) is 33.2. The lowest BCUT2D eigenvalue weighted by molar-refractivity contribution is -0.148. The predicted molar refractivity (Wildman–Crippen MR) is 134 cm³/mol. The molecule has 1 aliphatic heterocycles. The van der Waals surface area contributed by atoms with Crippen LogP contribution in [-0.2, 0) is 28.8 Å². The van der Waals surface area contributed by atoms with Crippen molar-refractivity contribution in [1.29, 1.82) is 0 Å². The largest absolute Gasteiger partial charge is 0.480 e. The number of amides is 1. The summed E-state index contributed by atoms with van der Waals surface area (Å²) in [5, 5.41) is 49.8. The number of likely N-dealkylation sites (tertiary alicyclic amines) is 1. The molecule has 0 aromatic rings. The molecule has 0 unspecified atom stereocenters. The van der Waals surface area contributed by atoms with Gasteiger partial charge in [-0.2, -0.15) is 0 Å². The predicted octanol–water partition coefficient (Wildman–Crippen LogP) is -1.10. The van der Waals surface area contributed by atoms with Crippen molar-refractivity contribution >= 4 is 51.7 Å². The van der Waals surface area contributed by atoms with Gasteiger partial charge in [-0.15, -0.1) is 0 Å². The fourth-order valence-corrected chi connectivity index (χ4v) is 4.70. The van der Waals surface area contributed by atoms with E-state index in [1.54, 1.807) is 0 Å². The number of halogens is 1. The highest BCUT2D eigenvalue weighted by Crippen LogP contribution is 2.25. The smallest absolute Gasteiger partial charge is 0.320 e. The molecular formula is C22H35BrN4O11. The van der Waals surface area contributed by atoms with E-state index in [1.165, 1.54) is 14.7 Å². The Balaban J connectivity index is 2.92. The number of hydrogen-bond acceptors (Lipinski definition) is 9. The maximum absolute atomic E-state index is 12.0. The first-order chi connectivity index (χ1) is 17.8. The van der Waals surface area contributed by atoms with Gasteiger partial charge < -0.3 is 30.8 Å². The third-order valence-electron chi connectivity index (χ3n) is 6.19. The molecule has 0 bridgehead atoms. The lowest BCUT2D eigenvalue weighted by Gasteiger charge is -2.33. The molecule has 0 saturated carbocycles. The zero-order valence-corrected chi connectivity index (χ0v) is 22.4. The van der Waals surface area contributed by atoms with Crippen LogP contribution in [0.3, 0.4) is 0 Å². The molecule has 38 heavy (non-hydrogen) atoms. The lowest BCUT2D eigenvalue weighted by Crippen LogP contribution is -2.51. The highest BCUT2D eigenvalue weighted by Gasteiger charge is 2.39. The first-order valence-electron chi connectivity index (χ1n) is 12.0. The van der Waals surface area contributed by atoms with E-state index in [-0.39, 0.29) is 43.7 Å². The second-order valence-electron chi connectivity index (χ2n) is 8.98. The number of nitrogens with one attached hydrogen (secondary N) is 1. The van der Waals surface area contributed by atoms with Gasteiger partial charge in [0.15, 0.2) is 0 Å². The van der Waals surface area contributed by atoms with Crippen molar-refractivity contribution in [3.63, 3.8) is 0 Å². The van der Waals surface area contributed by atoms with Gasteiger partial charge >= 0.3 is 29.8 Å². The lowest BCUT2D eigenvalue weighted by atomic mass is 10.1. The molecule has 16 heteroatoms. The Morgan fingerprint density at radius 3 is 2.08 bits per heavy atom. The fourth-order valence-electron chi connectivity index (χ4n) is 4.51. The summed E-state index contributed by atoms with van der Waals surface area (Å²) in [5.74, 6) is -6.33. The number of carbonyl (C=O) groups is 6. The van der Waals surface area contributed by atoms with Crippen molar-refractivity contribution in [2.24, 2.45) is 0 Å². The minimum Gasteiger partial charge on any atom is -0.480 e. The van der Waals surface area contributed by atoms with Crippen LogP contribution < -0.4 is 5.32 Å². The molecule has 0 aromatic carbocycles. The Hall–Kier alpha value is -2.82. The molecule has 1 rings (SSSR count). The van der Waals surface area contributed by atoms with Gasteiger partial charge in [0.05, 0.1) is 25.0 Å². The molecule has 1 fully saturated rings. The Labute approximate surface area is 227 Å². The summed E-state index contributed by atoms with van der Waals surface area (Å²) < 4.78 is 0. The molecule has 1 saturated heterocycles. The molecule has 0 radical (unpaired) electrons. The minimum absolute atomic E-state index is 0.00921. The molecular weight excluding hydrogens is 576 g/mol. The standard InChI is InChI=1S/C22H35BrN4O11/c23-9-17(28)24-6-2-1-3-15(21(35)36)26(12-19(31)32)8-7-25(11-18(29)30)10-14-4-5-16(22(37)38)27(14)13-20(33)34/h14-16H,1-13H2,(H,24,28)(H,29,30)(H,31,32)(H,33,34)(H,35,36)(H,37,38)/t14-,15+,16+/m0/s1. The molecule has 1 aliphatic rings. The molecule has 1 amide bonds. The van der Waals surface area contributed by atoms with Crippen LogP contribution in [0.5, 0.6) is 0 Å². The van der Waals surface area contributed by atoms with Gasteiger partial charge in [0.2, 0.25) is 5.91 Å². The van der Waals surface area contributed by atoms with Gasteiger partial charge in [0, 0.05) is 32.2 Å². The summed E-state index contributed by atoms with van der Waals surface area (Å²) >= 11 is 3.01. The Kier molecular flexibility index (Phi) is 14.8. The maximum Gasteiger partial charge on any atom is 0.320 e. The third kappa shape index (κ3) is 12.1. The van der Waals surface area contributed by atoms with Crippen LogP contribution in [-0.4, -0.2) is 145 Å². The van der Waals surface area contributed by atoms with Crippen molar-refractivity contribution in [2.75, 3.05) is 51.1 Å². The van der Waals surface area contributed by atoms with E-state index in [0.29, 0.717) is 25.8 Å². The summed E-state index contributed by atoms with van der Waals surface area (Å²) in [7, 11) is 0. The first-order valence-corrected chi connectivity index (χ1v) is 13.1. The Morgan fingerprint density at radius 1 is 0.895 bits per heavy atom. The van der Waals surface area contributed by atoms with Gasteiger partial charge in [0.25, 0.3) is 0 Å². The van der Waals surface area contributed by atoms with E-state index in [1.807, 2.05) is 0 Å². The average Bonchev–Trinajstić information content (AvgIpc) is 3.19. The quantitative estimate of drug-likeness (QED) is 0.0710. The van der Waals surface area contributed by atoms with Gasteiger partial charge in [-0.3, -0.25) is 43.5 Å². The molecule has 3 atom stereocenters. The monoisotopic (exact) mass is 610 g/mol. The SMILES string of the molecule is O=C(O)CN(CCN(CC(=O)O)[C@H](CCCCNC(=O)CBr)C(=O)O)C[C@@H]1CC[C@H](C(=O)O)N1CC(=O)O. The minimum atomic E-state index is -1.27. The van der Waals surface area contributed by atoms with Crippen LogP contribution in [0.1, 0.15) is 32.1 Å². The molecule has 216 valence electrons. The molecule has 0 aromatic heterocycles. The van der Waals surface area contributed by atoms with Crippen LogP contribution in [0.2, 0.25) is 0 Å². The van der Waals surface area contributed by atoms with E-state index < -0.39 is 67.6 Å². The van der Waals surface area contributed by atoms with E-state index in [0.717, 1.165) is 0 Å².